The molecule has 1 aromatic heterocycles. The summed E-state index contributed by atoms with van der Waals surface area (Å²) in [5, 5.41) is 16.9. The van der Waals surface area contributed by atoms with Crippen LogP contribution in [-0.4, -0.2) is 45.9 Å². The molecule has 1 atom stereocenters. The van der Waals surface area contributed by atoms with Gasteiger partial charge in [0.25, 0.3) is 0 Å². The maximum absolute atomic E-state index is 12.3. The maximum atomic E-state index is 12.3. The summed E-state index contributed by atoms with van der Waals surface area (Å²) in [6.45, 7) is 0.738. The number of nitrogens with zero attached hydrogens (tertiary/aromatic N) is 4. The van der Waals surface area contributed by atoms with Crippen molar-refractivity contribution < 1.29 is 22.9 Å². The van der Waals surface area contributed by atoms with Crippen LogP contribution in [0.5, 0.6) is 0 Å². The van der Waals surface area contributed by atoms with Crippen LogP contribution in [0.4, 0.5) is 24.7 Å². The number of amides is 1. The molecule has 8 nitrogen and oxygen atoms in total. The fraction of sp³-hybridized carbons (Fsp3) is 0.667. The molecule has 0 spiro atoms. The van der Waals surface area contributed by atoms with Gasteiger partial charge in [0, 0.05) is 26.2 Å². The average molecular weight is 335 g/mol. The predicted octanol–water partition coefficient (Wildman–Crippen LogP) is 1.37. The van der Waals surface area contributed by atoms with E-state index in [4.69, 9.17) is 0 Å². The smallest absolute Gasteiger partial charge is 0.351 e. The number of carbonyl (C=O) groups excluding carboxylic acids is 1. The first kappa shape index (κ1) is 17.0. The van der Waals surface area contributed by atoms with Gasteiger partial charge in [0.2, 0.25) is 5.82 Å². The fourth-order valence-corrected chi connectivity index (χ4v) is 2.63. The zero-order chi connectivity index (χ0) is 17.2. The van der Waals surface area contributed by atoms with E-state index >= 15 is 0 Å². The molecule has 1 aliphatic heterocycles. The molecule has 128 valence electrons. The number of carbonyl (C=O) groups is 1. The van der Waals surface area contributed by atoms with Crippen LogP contribution in [0.25, 0.3) is 0 Å². The molecule has 0 bridgehead atoms. The number of aromatic nitrogens is 2. The molecule has 1 aliphatic rings. The topological polar surface area (TPSA) is 93.3 Å². The van der Waals surface area contributed by atoms with E-state index in [0.717, 1.165) is 6.20 Å². The van der Waals surface area contributed by atoms with E-state index < -0.39 is 23.0 Å². The third kappa shape index (κ3) is 3.90. The number of anilines is 1. The summed E-state index contributed by atoms with van der Waals surface area (Å²) in [5.41, 5.74) is -0.148. The lowest BCUT2D eigenvalue weighted by atomic mass is 10.1. The van der Waals surface area contributed by atoms with Crippen molar-refractivity contribution in [3.05, 3.63) is 16.3 Å². The molecule has 1 fully saturated rings. The molecule has 0 radical (unpaired) electrons. The molecule has 1 aromatic rings. The molecule has 11 heteroatoms. The number of halogens is 3. The second-order valence-electron chi connectivity index (χ2n) is 5.32. The number of hydrogen-bond donors (Lipinski definition) is 1. The van der Waals surface area contributed by atoms with Crippen molar-refractivity contribution in [1.82, 2.24) is 15.1 Å². The van der Waals surface area contributed by atoms with E-state index in [2.05, 4.69) is 5.10 Å². The lowest BCUT2D eigenvalue weighted by Gasteiger charge is -2.22. The minimum Gasteiger partial charge on any atom is -0.351 e. The van der Waals surface area contributed by atoms with Gasteiger partial charge in [-0.05, 0) is 19.3 Å². The minimum atomic E-state index is -4.91. The van der Waals surface area contributed by atoms with E-state index in [-0.39, 0.29) is 12.1 Å². The van der Waals surface area contributed by atoms with Crippen LogP contribution in [0.15, 0.2) is 6.20 Å². The molecular weight excluding hydrogens is 319 g/mol. The number of nitrogens with one attached hydrogen (secondary N) is 1. The van der Waals surface area contributed by atoms with Gasteiger partial charge in [0.1, 0.15) is 6.20 Å². The van der Waals surface area contributed by atoms with Gasteiger partial charge in [-0.25, -0.2) is 4.68 Å². The standard InChI is InChI=1S/C12H16F3N5O3/c1-18-10(9(7-16-18)20(22)23)19-5-2-3-8(4-6-19)17-11(21)12(13,14)15/h7-8H,2-6H2,1H3,(H,17,21). The molecule has 1 saturated heterocycles. The normalized spacial score (nSPS) is 19.3. The predicted molar refractivity (Wildman–Crippen MR) is 73.9 cm³/mol. The van der Waals surface area contributed by atoms with E-state index in [1.807, 2.05) is 5.32 Å². The van der Waals surface area contributed by atoms with Crippen molar-refractivity contribution in [2.45, 2.75) is 31.5 Å². The van der Waals surface area contributed by atoms with Gasteiger partial charge in [0.05, 0.1) is 4.92 Å². The number of rotatable bonds is 3. The number of nitro groups is 1. The SMILES string of the molecule is Cn1ncc([N+](=O)[O-])c1N1CCCC(NC(=O)C(F)(F)F)CC1. The van der Waals surface area contributed by atoms with Gasteiger partial charge in [-0.3, -0.25) is 14.9 Å². The minimum absolute atomic E-state index is 0.148. The number of alkyl halides is 3. The highest BCUT2D eigenvalue weighted by Gasteiger charge is 2.40. The van der Waals surface area contributed by atoms with E-state index in [0.29, 0.717) is 31.7 Å². The van der Waals surface area contributed by atoms with E-state index in [9.17, 15) is 28.1 Å². The Kier molecular flexibility index (Phi) is 4.76. The second-order valence-corrected chi connectivity index (χ2v) is 5.32. The second kappa shape index (κ2) is 6.42. The zero-order valence-corrected chi connectivity index (χ0v) is 12.3. The Labute approximate surface area is 129 Å². The Hall–Kier alpha value is -2.33. The van der Waals surface area contributed by atoms with Crippen molar-refractivity contribution >= 4 is 17.4 Å². The Morgan fingerprint density at radius 2 is 2.13 bits per heavy atom. The highest BCUT2D eigenvalue weighted by atomic mass is 19.4. The summed E-state index contributed by atoms with van der Waals surface area (Å²) in [6.07, 6.45) is -2.62. The van der Waals surface area contributed by atoms with Gasteiger partial charge in [-0.1, -0.05) is 0 Å². The van der Waals surface area contributed by atoms with Gasteiger partial charge in [-0.15, -0.1) is 0 Å². The molecule has 2 heterocycles. The van der Waals surface area contributed by atoms with Gasteiger partial charge >= 0.3 is 17.8 Å². The molecule has 0 aliphatic carbocycles. The van der Waals surface area contributed by atoms with Crippen molar-refractivity contribution in [3.63, 3.8) is 0 Å². The van der Waals surface area contributed by atoms with Crippen LogP contribution in [0, 0.1) is 10.1 Å². The fourth-order valence-electron chi connectivity index (χ4n) is 2.63. The van der Waals surface area contributed by atoms with E-state index in [1.54, 1.807) is 11.9 Å². The van der Waals surface area contributed by atoms with Crippen molar-refractivity contribution in [1.29, 1.82) is 0 Å². The highest BCUT2D eigenvalue weighted by molar-refractivity contribution is 5.81. The largest absolute Gasteiger partial charge is 0.471 e. The molecular formula is C12H16F3N5O3. The average Bonchev–Trinajstić information content (AvgIpc) is 2.68. The summed E-state index contributed by atoms with van der Waals surface area (Å²) in [5.74, 6) is -1.64. The van der Waals surface area contributed by atoms with Crippen molar-refractivity contribution in [3.8, 4) is 0 Å². The van der Waals surface area contributed by atoms with Gasteiger partial charge < -0.3 is 10.2 Å². The quantitative estimate of drug-likeness (QED) is 0.665. The van der Waals surface area contributed by atoms with Gasteiger partial charge in [0.15, 0.2) is 0 Å². The van der Waals surface area contributed by atoms with Crippen LogP contribution in [-0.2, 0) is 11.8 Å². The summed E-state index contributed by atoms with van der Waals surface area (Å²) in [7, 11) is 1.57. The summed E-state index contributed by atoms with van der Waals surface area (Å²) in [6, 6.07) is -0.610. The zero-order valence-electron chi connectivity index (χ0n) is 12.3. The number of aryl methyl sites for hydroxylation is 1. The number of hydrogen-bond acceptors (Lipinski definition) is 5. The van der Waals surface area contributed by atoms with E-state index in [1.165, 1.54) is 4.68 Å². The maximum Gasteiger partial charge on any atom is 0.471 e. The molecule has 1 unspecified atom stereocenters. The molecule has 1 N–H and O–H groups in total. The first-order chi connectivity index (χ1) is 10.7. The van der Waals surface area contributed by atoms with Crippen LogP contribution < -0.4 is 10.2 Å². The molecule has 0 saturated carbocycles. The Morgan fingerprint density at radius 1 is 1.43 bits per heavy atom. The monoisotopic (exact) mass is 335 g/mol. The Bertz CT molecular complexity index is 601. The molecule has 23 heavy (non-hydrogen) atoms. The lowest BCUT2D eigenvalue weighted by molar-refractivity contribution is -0.384. The van der Waals surface area contributed by atoms with Crippen LogP contribution in [0.2, 0.25) is 0 Å². The summed E-state index contributed by atoms with van der Waals surface area (Å²) in [4.78, 5) is 23.2. The van der Waals surface area contributed by atoms with Crippen molar-refractivity contribution in [2.24, 2.45) is 7.05 Å². The summed E-state index contributed by atoms with van der Waals surface area (Å²) < 4.78 is 38.2. The van der Waals surface area contributed by atoms with Crippen LogP contribution >= 0.6 is 0 Å². The Morgan fingerprint density at radius 3 is 2.74 bits per heavy atom. The third-order valence-corrected chi connectivity index (χ3v) is 3.71. The molecule has 1 amide bonds. The lowest BCUT2D eigenvalue weighted by Crippen LogP contribution is -2.43. The third-order valence-electron chi connectivity index (χ3n) is 3.71. The summed E-state index contributed by atoms with van der Waals surface area (Å²) >= 11 is 0. The first-order valence-electron chi connectivity index (χ1n) is 6.99. The first-order valence-corrected chi connectivity index (χ1v) is 6.99. The Balaban J connectivity index is 2.06. The van der Waals surface area contributed by atoms with Crippen molar-refractivity contribution in [2.75, 3.05) is 18.0 Å². The van der Waals surface area contributed by atoms with Gasteiger partial charge in [-0.2, -0.15) is 18.3 Å². The molecule has 0 aromatic carbocycles. The highest BCUT2D eigenvalue weighted by Crippen LogP contribution is 2.29. The van der Waals surface area contributed by atoms with Crippen LogP contribution in [0.3, 0.4) is 0 Å². The van der Waals surface area contributed by atoms with Crippen LogP contribution in [0.1, 0.15) is 19.3 Å². The molecule has 2 rings (SSSR count).